The number of imidazole rings is 2. The summed E-state index contributed by atoms with van der Waals surface area (Å²) >= 11 is 0. The van der Waals surface area contributed by atoms with E-state index in [0.717, 1.165) is 44.3 Å². The third-order valence-corrected chi connectivity index (χ3v) is 7.50. The summed E-state index contributed by atoms with van der Waals surface area (Å²) in [5.74, 6) is 0.342. The van der Waals surface area contributed by atoms with Crippen LogP contribution in [0.25, 0.3) is 0 Å². The number of aryl methyl sites for hydroxylation is 1. The van der Waals surface area contributed by atoms with Crippen LogP contribution >= 0.6 is 0 Å². The minimum absolute atomic E-state index is 0.125. The zero-order chi connectivity index (χ0) is 28.6. The van der Waals surface area contributed by atoms with Crippen LogP contribution in [-0.2, 0) is 11.8 Å². The number of likely N-dealkylation sites (tertiary alicyclic amines) is 1. The van der Waals surface area contributed by atoms with Gasteiger partial charge in [0.2, 0.25) is 12.2 Å². The number of nitrogens with zero attached hydrogens (tertiary/aromatic N) is 5. The van der Waals surface area contributed by atoms with Gasteiger partial charge in [-0.05, 0) is 52.9 Å². The molecule has 0 bridgehead atoms. The SMILES string of the molecule is C=C(N)C(C)(C)CC.CCC(C)N1CCCC1=O.CCC(C)n1cc[n+](C)c1.CCC(C)n1ccnc1. The van der Waals surface area contributed by atoms with Crippen molar-refractivity contribution in [2.24, 2.45) is 18.2 Å². The van der Waals surface area contributed by atoms with Gasteiger partial charge in [-0.2, -0.15) is 0 Å². The highest BCUT2D eigenvalue weighted by molar-refractivity contribution is 5.78. The highest BCUT2D eigenvalue weighted by atomic mass is 16.2. The highest BCUT2D eigenvalue weighted by Crippen LogP contribution is 2.24. The van der Waals surface area contributed by atoms with E-state index in [-0.39, 0.29) is 5.41 Å². The summed E-state index contributed by atoms with van der Waals surface area (Å²) in [6, 6.07) is 1.67. The first-order chi connectivity index (χ1) is 17.3. The van der Waals surface area contributed by atoms with Gasteiger partial charge >= 0.3 is 0 Å². The lowest BCUT2D eigenvalue weighted by Crippen LogP contribution is -2.33. The van der Waals surface area contributed by atoms with Crippen LogP contribution in [0.1, 0.15) is 113 Å². The van der Waals surface area contributed by atoms with E-state index in [2.05, 4.69) is 106 Å². The zero-order valence-electron chi connectivity index (χ0n) is 25.6. The first-order valence-corrected chi connectivity index (χ1v) is 14.1. The second-order valence-electron chi connectivity index (χ2n) is 10.8. The van der Waals surface area contributed by atoms with Crippen molar-refractivity contribution in [3.8, 4) is 0 Å². The van der Waals surface area contributed by atoms with Crippen LogP contribution in [0.3, 0.4) is 0 Å². The van der Waals surface area contributed by atoms with Crippen molar-refractivity contribution in [3.05, 3.63) is 49.7 Å². The van der Waals surface area contributed by atoms with Gasteiger partial charge in [0.1, 0.15) is 12.4 Å². The van der Waals surface area contributed by atoms with Gasteiger partial charge in [0.25, 0.3) is 0 Å². The minimum atomic E-state index is 0.125. The summed E-state index contributed by atoms with van der Waals surface area (Å²) in [5.41, 5.74) is 6.39. The third-order valence-electron chi connectivity index (χ3n) is 7.50. The van der Waals surface area contributed by atoms with Crippen molar-refractivity contribution in [1.29, 1.82) is 0 Å². The number of amides is 1. The molecule has 3 unspecified atom stereocenters. The van der Waals surface area contributed by atoms with Crippen LogP contribution in [-0.4, -0.2) is 37.5 Å². The molecular formula is C30H57N6O+. The third kappa shape index (κ3) is 13.0. The Bertz CT molecular complexity index is 871. The molecule has 2 aromatic heterocycles. The first kappa shape index (κ1) is 34.4. The molecule has 2 N–H and O–H groups in total. The monoisotopic (exact) mass is 517 g/mol. The van der Waals surface area contributed by atoms with E-state index in [1.165, 1.54) is 6.42 Å². The lowest BCUT2D eigenvalue weighted by atomic mass is 9.88. The molecule has 2 aromatic rings. The molecule has 1 amide bonds. The van der Waals surface area contributed by atoms with E-state index >= 15 is 0 Å². The molecule has 0 spiro atoms. The first-order valence-electron chi connectivity index (χ1n) is 14.1. The minimum Gasteiger partial charge on any atom is -0.402 e. The van der Waals surface area contributed by atoms with Crippen molar-refractivity contribution in [2.45, 2.75) is 119 Å². The Balaban J connectivity index is 0.000000469. The van der Waals surface area contributed by atoms with Crippen LogP contribution in [0.15, 0.2) is 49.7 Å². The molecule has 37 heavy (non-hydrogen) atoms. The fourth-order valence-corrected chi connectivity index (χ4v) is 3.26. The molecule has 3 rings (SSSR count). The van der Waals surface area contributed by atoms with Gasteiger partial charge in [-0.15, -0.1) is 0 Å². The van der Waals surface area contributed by atoms with Gasteiger partial charge in [-0.25, -0.2) is 14.1 Å². The molecule has 1 aliphatic heterocycles. The summed E-state index contributed by atoms with van der Waals surface area (Å²) in [5, 5.41) is 0. The van der Waals surface area contributed by atoms with Gasteiger partial charge in [-0.3, -0.25) is 4.79 Å². The number of hydrogen-bond acceptors (Lipinski definition) is 3. The molecule has 7 nitrogen and oxygen atoms in total. The molecule has 212 valence electrons. The lowest BCUT2D eigenvalue weighted by molar-refractivity contribution is -0.671. The van der Waals surface area contributed by atoms with Gasteiger partial charge in [0, 0.05) is 48.6 Å². The van der Waals surface area contributed by atoms with Crippen LogP contribution in [0.5, 0.6) is 0 Å². The molecule has 1 fully saturated rings. The van der Waals surface area contributed by atoms with Crippen molar-refractivity contribution < 1.29 is 9.36 Å². The average Bonchev–Trinajstić information content (AvgIpc) is 3.66. The Labute approximate surface area is 227 Å². The summed E-state index contributed by atoms with van der Waals surface area (Å²) in [6.07, 6.45) is 18.2. The van der Waals surface area contributed by atoms with Gasteiger partial charge < -0.3 is 15.2 Å². The summed E-state index contributed by atoms with van der Waals surface area (Å²) in [4.78, 5) is 17.0. The maximum Gasteiger partial charge on any atom is 0.243 e. The van der Waals surface area contributed by atoms with Crippen LogP contribution in [0, 0.1) is 5.41 Å². The maximum atomic E-state index is 11.1. The van der Waals surface area contributed by atoms with E-state index in [1.807, 2.05) is 30.7 Å². The van der Waals surface area contributed by atoms with Gasteiger partial charge in [0.15, 0.2) is 0 Å². The van der Waals surface area contributed by atoms with Gasteiger partial charge in [-0.1, -0.05) is 48.1 Å². The smallest absolute Gasteiger partial charge is 0.243 e. The van der Waals surface area contributed by atoms with E-state index < -0.39 is 0 Å². The lowest BCUT2D eigenvalue weighted by Gasteiger charge is -2.22. The summed E-state index contributed by atoms with van der Waals surface area (Å²) in [7, 11) is 2.04. The Hall–Kier alpha value is -2.57. The number of rotatable bonds is 8. The van der Waals surface area contributed by atoms with E-state index in [0.29, 0.717) is 24.0 Å². The Morgan fingerprint density at radius 3 is 1.95 bits per heavy atom. The number of allylic oxidation sites excluding steroid dienone is 1. The molecule has 1 aliphatic rings. The number of carbonyl (C=O) groups excluding carboxylic acids is 1. The quantitative estimate of drug-likeness (QED) is 0.410. The van der Waals surface area contributed by atoms with Gasteiger partial charge in [0.05, 0.1) is 19.4 Å². The van der Waals surface area contributed by atoms with Crippen LogP contribution in [0.2, 0.25) is 0 Å². The van der Waals surface area contributed by atoms with E-state index in [4.69, 9.17) is 5.73 Å². The number of carbonyl (C=O) groups is 1. The topological polar surface area (TPSA) is 73.0 Å². The molecule has 3 atom stereocenters. The molecule has 0 aliphatic carbocycles. The van der Waals surface area contributed by atoms with E-state index in [9.17, 15) is 4.79 Å². The van der Waals surface area contributed by atoms with Crippen molar-refractivity contribution in [1.82, 2.24) is 19.0 Å². The Morgan fingerprint density at radius 2 is 1.62 bits per heavy atom. The normalized spacial score (nSPS) is 15.3. The summed E-state index contributed by atoms with van der Waals surface area (Å²) in [6.45, 7) is 24.0. The van der Waals surface area contributed by atoms with Crippen molar-refractivity contribution in [2.75, 3.05) is 6.54 Å². The molecule has 3 heterocycles. The molecule has 1 saturated heterocycles. The zero-order valence-corrected chi connectivity index (χ0v) is 25.6. The molecule has 0 aromatic carbocycles. The largest absolute Gasteiger partial charge is 0.402 e. The van der Waals surface area contributed by atoms with E-state index in [1.54, 1.807) is 0 Å². The number of hydrogen-bond donors (Lipinski definition) is 1. The summed E-state index contributed by atoms with van der Waals surface area (Å²) < 4.78 is 6.40. The fourth-order valence-electron chi connectivity index (χ4n) is 3.26. The highest BCUT2D eigenvalue weighted by Gasteiger charge is 2.23. The molecular weight excluding hydrogens is 460 g/mol. The maximum absolute atomic E-state index is 11.1. The fraction of sp³-hybridized carbons (Fsp3) is 0.700. The van der Waals surface area contributed by atoms with Crippen molar-refractivity contribution >= 4 is 5.91 Å². The van der Waals surface area contributed by atoms with Crippen molar-refractivity contribution in [3.63, 3.8) is 0 Å². The average molecular weight is 518 g/mol. The standard InChI is InChI=1S/C8H15N2.C8H15NO.C7H12N2.C7H15N/c1-4-8(2)10-6-5-9(3)7-10;1-3-7(2)9-6-4-5-8(9)10;1-3-7(2)9-5-4-8-6-9;1-5-7(3,4)6(2)8/h5-8H,4H2,1-3H3;7H,3-6H2,1-2H3;4-7H,3H2,1-2H3;2,5,8H2,1,3-4H3/q+1;;;. The van der Waals surface area contributed by atoms with Crippen LogP contribution in [0.4, 0.5) is 0 Å². The second kappa shape index (κ2) is 17.8. The number of aromatic nitrogens is 4. The Morgan fingerprint density at radius 1 is 1.05 bits per heavy atom. The Kier molecular flexibility index (Phi) is 16.6. The van der Waals surface area contributed by atoms with Crippen LogP contribution < -0.4 is 10.3 Å². The number of nitrogens with two attached hydrogens (primary N) is 1. The molecule has 0 radical (unpaired) electrons. The predicted molar refractivity (Wildman–Crippen MR) is 156 cm³/mol. The predicted octanol–water partition coefficient (Wildman–Crippen LogP) is 6.44. The molecule has 7 heteroatoms. The molecule has 0 saturated carbocycles. The second-order valence-corrected chi connectivity index (χ2v) is 10.8.